The third kappa shape index (κ3) is 3.51. The first-order valence-electron chi connectivity index (χ1n) is 5.22. The second-order valence-electron chi connectivity index (χ2n) is 3.89. The molecule has 0 saturated carbocycles. The Labute approximate surface area is 100 Å². The summed E-state index contributed by atoms with van der Waals surface area (Å²) in [5.74, 6) is -1.21. The molecule has 2 unspecified atom stereocenters. The van der Waals surface area contributed by atoms with Crippen LogP contribution >= 0.6 is 11.6 Å². The Bertz CT molecular complexity index is 368. The average molecular weight is 242 g/mol. The highest BCUT2D eigenvalue weighted by Gasteiger charge is 2.18. The third-order valence-corrected chi connectivity index (χ3v) is 3.08. The molecule has 3 nitrogen and oxygen atoms in total. The van der Waals surface area contributed by atoms with E-state index >= 15 is 0 Å². The van der Waals surface area contributed by atoms with Crippen LogP contribution in [0.2, 0.25) is 5.02 Å². The van der Waals surface area contributed by atoms with E-state index in [0.29, 0.717) is 11.6 Å². The Balaban J connectivity index is 2.52. The Morgan fingerprint density at radius 2 is 2.06 bits per heavy atom. The molecule has 0 aliphatic carbocycles. The normalized spacial score (nSPS) is 14.4. The van der Waals surface area contributed by atoms with Crippen molar-refractivity contribution in [2.24, 2.45) is 5.92 Å². The molecule has 1 aromatic carbocycles. The molecule has 0 aromatic heterocycles. The molecule has 0 bridgehead atoms. The van der Waals surface area contributed by atoms with Gasteiger partial charge in [0.25, 0.3) is 0 Å². The predicted octanol–water partition coefficient (Wildman–Crippen LogP) is 2.54. The lowest BCUT2D eigenvalue weighted by Gasteiger charge is -2.18. The molecule has 0 aliphatic heterocycles. The summed E-state index contributed by atoms with van der Waals surface area (Å²) < 4.78 is 0. The minimum Gasteiger partial charge on any atom is -0.481 e. The van der Waals surface area contributed by atoms with Crippen LogP contribution in [0.4, 0.5) is 0 Å². The SMILES string of the molecule is CC(NCc1ccccc1Cl)C(C)C(=O)O. The van der Waals surface area contributed by atoms with Crippen molar-refractivity contribution in [1.82, 2.24) is 5.32 Å². The molecular formula is C12H16ClNO2. The van der Waals surface area contributed by atoms with E-state index in [1.54, 1.807) is 6.92 Å². The van der Waals surface area contributed by atoms with E-state index in [1.807, 2.05) is 31.2 Å². The van der Waals surface area contributed by atoms with Crippen LogP contribution in [0.1, 0.15) is 19.4 Å². The zero-order chi connectivity index (χ0) is 12.1. The lowest BCUT2D eigenvalue weighted by atomic mass is 10.0. The molecule has 0 amide bonds. The van der Waals surface area contributed by atoms with E-state index in [9.17, 15) is 4.79 Å². The van der Waals surface area contributed by atoms with Crippen LogP contribution in [0, 0.1) is 5.92 Å². The fourth-order valence-corrected chi connectivity index (χ4v) is 1.51. The van der Waals surface area contributed by atoms with Gasteiger partial charge >= 0.3 is 5.97 Å². The zero-order valence-corrected chi connectivity index (χ0v) is 10.2. The van der Waals surface area contributed by atoms with Crippen molar-refractivity contribution in [3.8, 4) is 0 Å². The van der Waals surface area contributed by atoms with E-state index < -0.39 is 11.9 Å². The highest BCUT2D eigenvalue weighted by atomic mass is 35.5. The molecule has 1 aromatic rings. The van der Waals surface area contributed by atoms with Crippen molar-refractivity contribution in [2.45, 2.75) is 26.4 Å². The summed E-state index contributed by atoms with van der Waals surface area (Å²) in [5, 5.41) is 12.7. The van der Waals surface area contributed by atoms with Crippen molar-refractivity contribution in [1.29, 1.82) is 0 Å². The highest BCUT2D eigenvalue weighted by Crippen LogP contribution is 2.15. The molecule has 2 N–H and O–H groups in total. The van der Waals surface area contributed by atoms with Crippen LogP contribution in [-0.4, -0.2) is 17.1 Å². The van der Waals surface area contributed by atoms with Crippen molar-refractivity contribution in [3.63, 3.8) is 0 Å². The molecule has 4 heteroatoms. The minimum absolute atomic E-state index is 0.0891. The Morgan fingerprint density at radius 1 is 1.44 bits per heavy atom. The zero-order valence-electron chi connectivity index (χ0n) is 9.40. The van der Waals surface area contributed by atoms with Gasteiger partial charge in [-0.05, 0) is 18.6 Å². The molecule has 0 heterocycles. The maximum atomic E-state index is 10.8. The quantitative estimate of drug-likeness (QED) is 0.833. The van der Waals surface area contributed by atoms with E-state index in [-0.39, 0.29) is 6.04 Å². The summed E-state index contributed by atoms with van der Waals surface area (Å²) in [6, 6.07) is 7.44. The average Bonchev–Trinajstić information content (AvgIpc) is 2.26. The Morgan fingerprint density at radius 3 is 2.62 bits per heavy atom. The molecule has 0 spiro atoms. The third-order valence-electron chi connectivity index (χ3n) is 2.71. The van der Waals surface area contributed by atoms with Gasteiger partial charge in [-0.1, -0.05) is 36.7 Å². The van der Waals surface area contributed by atoms with Gasteiger partial charge in [0.1, 0.15) is 0 Å². The fraction of sp³-hybridized carbons (Fsp3) is 0.417. The van der Waals surface area contributed by atoms with Gasteiger partial charge in [-0.3, -0.25) is 4.79 Å². The molecule has 0 radical (unpaired) electrons. The molecule has 0 aliphatic rings. The molecule has 16 heavy (non-hydrogen) atoms. The Kier molecular flexibility index (Phi) is 4.77. The van der Waals surface area contributed by atoms with Crippen LogP contribution in [0.5, 0.6) is 0 Å². The molecule has 88 valence electrons. The number of carboxylic acid groups (broad SMARTS) is 1. The van der Waals surface area contributed by atoms with Crippen LogP contribution in [-0.2, 0) is 11.3 Å². The summed E-state index contributed by atoms with van der Waals surface area (Å²) in [7, 11) is 0. The van der Waals surface area contributed by atoms with E-state index in [1.165, 1.54) is 0 Å². The van der Waals surface area contributed by atoms with Gasteiger partial charge in [0, 0.05) is 17.6 Å². The van der Waals surface area contributed by atoms with Crippen LogP contribution in [0.15, 0.2) is 24.3 Å². The largest absolute Gasteiger partial charge is 0.481 e. The second-order valence-corrected chi connectivity index (χ2v) is 4.30. The monoisotopic (exact) mass is 241 g/mol. The second kappa shape index (κ2) is 5.87. The van der Waals surface area contributed by atoms with Gasteiger partial charge in [0.2, 0.25) is 0 Å². The molecule has 0 fully saturated rings. The summed E-state index contributed by atoms with van der Waals surface area (Å²) in [6.07, 6.45) is 0. The number of carbonyl (C=O) groups is 1. The topological polar surface area (TPSA) is 49.3 Å². The molecule has 2 atom stereocenters. The van der Waals surface area contributed by atoms with Crippen molar-refractivity contribution in [2.75, 3.05) is 0 Å². The lowest BCUT2D eigenvalue weighted by molar-refractivity contribution is -0.141. The van der Waals surface area contributed by atoms with Crippen LogP contribution < -0.4 is 5.32 Å². The number of halogens is 1. The minimum atomic E-state index is -0.792. The first-order valence-corrected chi connectivity index (χ1v) is 5.59. The van der Waals surface area contributed by atoms with Gasteiger partial charge in [0.05, 0.1) is 5.92 Å². The van der Waals surface area contributed by atoms with Gasteiger partial charge < -0.3 is 10.4 Å². The summed E-state index contributed by atoms with van der Waals surface area (Å²) in [4.78, 5) is 10.8. The summed E-state index contributed by atoms with van der Waals surface area (Å²) in [5.41, 5.74) is 0.980. The number of rotatable bonds is 5. The highest BCUT2D eigenvalue weighted by molar-refractivity contribution is 6.31. The first kappa shape index (κ1) is 13.0. The number of benzene rings is 1. The van der Waals surface area contributed by atoms with Gasteiger partial charge in [0.15, 0.2) is 0 Å². The first-order chi connectivity index (χ1) is 7.52. The predicted molar refractivity (Wildman–Crippen MR) is 64.6 cm³/mol. The fourth-order valence-electron chi connectivity index (χ4n) is 1.30. The van der Waals surface area contributed by atoms with Gasteiger partial charge in [-0.15, -0.1) is 0 Å². The molecule has 0 saturated heterocycles. The number of carboxylic acids is 1. The summed E-state index contributed by atoms with van der Waals surface area (Å²) in [6.45, 7) is 4.13. The number of hydrogen-bond donors (Lipinski definition) is 2. The van der Waals surface area contributed by atoms with Crippen molar-refractivity contribution < 1.29 is 9.90 Å². The molecular weight excluding hydrogens is 226 g/mol. The number of aliphatic carboxylic acids is 1. The van der Waals surface area contributed by atoms with Gasteiger partial charge in [-0.2, -0.15) is 0 Å². The van der Waals surface area contributed by atoms with Crippen molar-refractivity contribution >= 4 is 17.6 Å². The molecule has 1 rings (SSSR count). The smallest absolute Gasteiger partial charge is 0.307 e. The van der Waals surface area contributed by atoms with E-state index in [2.05, 4.69) is 5.32 Å². The van der Waals surface area contributed by atoms with E-state index in [4.69, 9.17) is 16.7 Å². The summed E-state index contributed by atoms with van der Waals surface area (Å²) >= 11 is 5.99. The van der Waals surface area contributed by atoms with E-state index in [0.717, 1.165) is 5.56 Å². The number of hydrogen-bond acceptors (Lipinski definition) is 2. The van der Waals surface area contributed by atoms with Crippen LogP contribution in [0.25, 0.3) is 0 Å². The maximum absolute atomic E-state index is 10.8. The number of nitrogens with one attached hydrogen (secondary N) is 1. The maximum Gasteiger partial charge on any atom is 0.307 e. The van der Waals surface area contributed by atoms with Gasteiger partial charge in [-0.25, -0.2) is 0 Å². The van der Waals surface area contributed by atoms with Crippen LogP contribution in [0.3, 0.4) is 0 Å². The lowest BCUT2D eigenvalue weighted by Crippen LogP contribution is -2.35. The Hall–Kier alpha value is -1.06. The standard InChI is InChI=1S/C12H16ClNO2/c1-8(12(15)16)9(2)14-7-10-5-3-4-6-11(10)13/h3-6,8-9,14H,7H2,1-2H3,(H,15,16). The van der Waals surface area contributed by atoms with Crippen molar-refractivity contribution in [3.05, 3.63) is 34.9 Å².